The van der Waals surface area contributed by atoms with Gasteiger partial charge in [-0.25, -0.2) is 4.98 Å². The zero-order valence-corrected chi connectivity index (χ0v) is 14.6. The molecule has 124 valence electrons. The van der Waals surface area contributed by atoms with Gasteiger partial charge in [0.2, 0.25) is 0 Å². The molecule has 0 fully saturated rings. The lowest BCUT2D eigenvalue weighted by atomic mass is 10.3. The molecule has 0 aromatic carbocycles. The Balaban J connectivity index is 2.27. The van der Waals surface area contributed by atoms with Gasteiger partial charge in [-0.05, 0) is 19.9 Å². The van der Waals surface area contributed by atoms with Crippen molar-refractivity contribution in [1.29, 1.82) is 0 Å². The first-order valence-corrected chi connectivity index (χ1v) is 7.85. The monoisotopic (exact) mass is 357 g/mol. The Labute approximate surface area is 143 Å². The smallest absolute Gasteiger partial charge is 0.307 e. The Kier molecular flexibility index (Phi) is 5.49. The van der Waals surface area contributed by atoms with Gasteiger partial charge in [0.05, 0.1) is 28.8 Å². The van der Waals surface area contributed by atoms with Crippen molar-refractivity contribution in [2.24, 2.45) is 0 Å². The quantitative estimate of drug-likeness (QED) is 0.771. The summed E-state index contributed by atoms with van der Waals surface area (Å²) in [6.07, 6.45) is 1.72. The summed E-state index contributed by atoms with van der Waals surface area (Å²) in [5.74, 6) is -0.606. The third-order valence-electron chi connectivity index (χ3n) is 3.32. The van der Waals surface area contributed by atoms with E-state index in [1.165, 1.54) is 4.90 Å². The summed E-state index contributed by atoms with van der Waals surface area (Å²) in [7, 11) is 1.62. The zero-order chi connectivity index (χ0) is 17.1. The normalized spacial score (nSPS) is 10.8. The van der Waals surface area contributed by atoms with Gasteiger partial charge in [-0.1, -0.05) is 23.2 Å². The van der Waals surface area contributed by atoms with Crippen molar-refractivity contribution in [1.82, 2.24) is 14.3 Å². The Bertz CT molecular complexity index is 758. The van der Waals surface area contributed by atoms with Crippen molar-refractivity contribution in [2.45, 2.75) is 20.3 Å². The number of hydrogen-bond acceptors (Lipinski definition) is 4. The number of hydrogen-bond donors (Lipinski definition) is 0. The highest BCUT2D eigenvalue weighted by Crippen LogP contribution is 2.24. The molecule has 0 aliphatic carbocycles. The SMILES string of the molecule is CCOC(=O)CCN(C)C(=O)c1c(C)nc2c(Cl)cc(Cl)cn12. The number of carbonyl (C=O) groups is 2. The number of imidazole rings is 1. The zero-order valence-electron chi connectivity index (χ0n) is 13.1. The van der Waals surface area contributed by atoms with E-state index >= 15 is 0 Å². The van der Waals surface area contributed by atoms with E-state index in [-0.39, 0.29) is 24.8 Å². The molecule has 2 aromatic heterocycles. The summed E-state index contributed by atoms with van der Waals surface area (Å²) in [4.78, 5) is 29.8. The molecule has 0 saturated heterocycles. The highest BCUT2D eigenvalue weighted by atomic mass is 35.5. The topological polar surface area (TPSA) is 63.9 Å². The predicted molar refractivity (Wildman–Crippen MR) is 88.2 cm³/mol. The number of amides is 1. The van der Waals surface area contributed by atoms with Gasteiger partial charge in [0.15, 0.2) is 5.65 Å². The molecule has 8 heteroatoms. The lowest BCUT2D eigenvalue weighted by Crippen LogP contribution is -2.30. The number of fused-ring (bicyclic) bond motifs is 1. The van der Waals surface area contributed by atoms with E-state index in [0.717, 1.165) is 0 Å². The fourth-order valence-electron chi connectivity index (χ4n) is 2.22. The molecule has 0 bridgehead atoms. The fraction of sp³-hybridized carbons (Fsp3) is 0.400. The maximum absolute atomic E-state index is 12.7. The van der Waals surface area contributed by atoms with Crippen LogP contribution in [0.2, 0.25) is 10.0 Å². The minimum atomic E-state index is -0.340. The van der Waals surface area contributed by atoms with E-state index in [4.69, 9.17) is 27.9 Å². The van der Waals surface area contributed by atoms with E-state index in [2.05, 4.69) is 4.98 Å². The molecule has 0 atom stereocenters. The van der Waals surface area contributed by atoms with Gasteiger partial charge in [-0.3, -0.25) is 14.0 Å². The first kappa shape index (κ1) is 17.6. The summed E-state index contributed by atoms with van der Waals surface area (Å²) in [5.41, 5.74) is 1.38. The minimum Gasteiger partial charge on any atom is -0.466 e. The first-order chi connectivity index (χ1) is 10.8. The molecule has 0 unspecified atom stereocenters. The van der Waals surface area contributed by atoms with Crippen LogP contribution in [-0.4, -0.2) is 46.4 Å². The molecule has 0 radical (unpaired) electrons. The maximum Gasteiger partial charge on any atom is 0.307 e. The summed E-state index contributed by atoms with van der Waals surface area (Å²) in [5, 5.41) is 0.775. The van der Waals surface area contributed by atoms with E-state index in [0.29, 0.717) is 33.7 Å². The number of aryl methyl sites for hydroxylation is 1. The summed E-state index contributed by atoms with van der Waals surface area (Å²) < 4.78 is 6.43. The molecule has 1 amide bonds. The predicted octanol–water partition coefficient (Wildman–Crippen LogP) is 2.97. The molecule has 2 rings (SSSR count). The highest BCUT2D eigenvalue weighted by Gasteiger charge is 2.22. The van der Waals surface area contributed by atoms with Gasteiger partial charge in [0, 0.05) is 19.8 Å². The molecule has 0 aliphatic heterocycles. The second-order valence-electron chi connectivity index (χ2n) is 5.03. The molecule has 6 nitrogen and oxygen atoms in total. The molecular formula is C15H17Cl2N3O3. The number of ether oxygens (including phenoxy) is 1. The third kappa shape index (κ3) is 3.76. The van der Waals surface area contributed by atoms with Crippen LogP contribution >= 0.6 is 23.2 Å². The van der Waals surface area contributed by atoms with Crippen molar-refractivity contribution in [2.75, 3.05) is 20.2 Å². The number of carbonyl (C=O) groups excluding carboxylic acids is 2. The van der Waals surface area contributed by atoms with Crippen LogP contribution in [0, 0.1) is 6.92 Å². The molecule has 0 spiro atoms. The van der Waals surface area contributed by atoms with Crippen molar-refractivity contribution < 1.29 is 14.3 Å². The molecule has 2 aromatic rings. The maximum atomic E-state index is 12.7. The Morgan fingerprint density at radius 1 is 1.39 bits per heavy atom. The second-order valence-corrected chi connectivity index (χ2v) is 5.87. The second kappa shape index (κ2) is 7.19. The molecular weight excluding hydrogens is 341 g/mol. The van der Waals surface area contributed by atoms with Crippen LogP contribution in [0.15, 0.2) is 12.3 Å². The van der Waals surface area contributed by atoms with E-state index in [1.807, 2.05) is 0 Å². The molecule has 0 aliphatic rings. The number of aromatic nitrogens is 2. The number of esters is 1. The summed E-state index contributed by atoms with van der Waals surface area (Å²) in [6, 6.07) is 1.57. The summed E-state index contributed by atoms with van der Waals surface area (Å²) in [6.45, 7) is 4.03. The molecule has 0 N–H and O–H groups in total. The molecule has 23 heavy (non-hydrogen) atoms. The fourth-order valence-corrected chi connectivity index (χ4v) is 2.73. The third-order valence-corrected chi connectivity index (χ3v) is 3.81. The highest BCUT2D eigenvalue weighted by molar-refractivity contribution is 6.36. The van der Waals surface area contributed by atoms with Crippen LogP contribution in [0.4, 0.5) is 0 Å². The van der Waals surface area contributed by atoms with Crippen LogP contribution in [0.5, 0.6) is 0 Å². The number of nitrogens with zero attached hydrogens (tertiary/aromatic N) is 3. The van der Waals surface area contributed by atoms with Crippen molar-refractivity contribution >= 4 is 40.7 Å². The lowest BCUT2D eigenvalue weighted by Gasteiger charge is -2.17. The van der Waals surface area contributed by atoms with Crippen LogP contribution in [0.3, 0.4) is 0 Å². The van der Waals surface area contributed by atoms with Crippen LogP contribution in [-0.2, 0) is 9.53 Å². The van der Waals surface area contributed by atoms with Gasteiger partial charge < -0.3 is 9.64 Å². The van der Waals surface area contributed by atoms with E-state index in [9.17, 15) is 9.59 Å². The number of pyridine rings is 1. The van der Waals surface area contributed by atoms with E-state index < -0.39 is 0 Å². The average molecular weight is 358 g/mol. The van der Waals surface area contributed by atoms with Gasteiger partial charge >= 0.3 is 5.97 Å². The van der Waals surface area contributed by atoms with Gasteiger partial charge in [0.1, 0.15) is 5.69 Å². The van der Waals surface area contributed by atoms with Crippen LogP contribution in [0.1, 0.15) is 29.5 Å². The van der Waals surface area contributed by atoms with Crippen molar-refractivity contribution in [3.8, 4) is 0 Å². The largest absolute Gasteiger partial charge is 0.466 e. The minimum absolute atomic E-state index is 0.132. The standard InChI is InChI=1S/C15H17Cl2N3O3/c1-4-23-12(21)5-6-19(3)15(22)13-9(2)18-14-11(17)7-10(16)8-20(13)14/h7-8H,4-6H2,1-3H3. The Morgan fingerprint density at radius 2 is 2.09 bits per heavy atom. The van der Waals surface area contributed by atoms with Crippen molar-refractivity contribution in [3.05, 3.63) is 33.7 Å². The molecule has 2 heterocycles. The lowest BCUT2D eigenvalue weighted by molar-refractivity contribution is -0.143. The van der Waals surface area contributed by atoms with Crippen LogP contribution < -0.4 is 0 Å². The van der Waals surface area contributed by atoms with Gasteiger partial charge in [-0.15, -0.1) is 0 Å². The van der Waals surface area contributed by atoms with Crippen molar-refractivity contribution in [3.63, 3.8) is 0 Å². The number of rotatable bonds is 5. The first-order valence-electron chi connectivity index (χ1n) is 7.10. The molecule has 0 saturated carbocycles. The Morgan fingerprint density at radius 3 is 2.74 bits per heavy atom. The van der Waals surface area contributed by atoms with E-state index in [1.54, 1.807) is 37.6 Å². The summed E-state index contributed by atoms with van der Waals surface area (Å²) >= 11 is 12.1. The van der Waals surface area contributed by atoms with Crippen LogP contribution in [0.25, 0.3) is 5.65 Å². The number of halogens is 2. The van der Waals surface area contributed by atoms with Gasteiger partial charge in [0.25, 0.3) is 5.91 Å². The average Bonchev–Trinajstić information content (AvgIpc) is 2.81. The van der Waals surface area contributed by atoms with Gasteiger partial charge in [-0.2, -0.15) is 0 Å². The Hall–Kier alpha value is -1.79.